The predicted octanol–water partition coefficient (Wildman–Crippen LogP) is 4.80. The SMILES string of the molecule is O=C(Nc1ccccc1Br)C1CCN(S(=O)(=O)c2cc(Cl)ccc2Cl)CC1. The van der Waals surface area contributed by atoms with Crippen molar-refractivity contribution in [3.8, 4) is 0 Å². The average molecular weight is 492 g/mol. The number of nitrogens with zero attached hydrogens (tertiary/aromatic N) is 1. The van der Waals surface area contributed by atoms with Gasteiger partial charge in [-0.3, -0.25) is 4.79 Å². The van der Waals surface area contributed by atoms with E-state index in [0.29, 0.717) is 23.6 Å². The second-order valence-electron chi connectivity index (χ2n) is 6.22. The molecular weight excluding hydrogens is 475 g/mol. The van der Waals surface area contributed by atoms with E-state index in [4.69, 9.17) is 23.2 Å². The number of benzene rings is 2. The molecule has 5 nitrogen and oxygen atoms in total. The molecule has 0 aromatic heterocycles. The van der Waals surface area contributed by atoms with Crippen LogP contribution >= 0.6 is 39.1 Å². The molecular formula is C18H17BrCl2N2O3S. The Bertz CT molecular complexity index is 961. The summed E-state index contributed by atoms with van der Waals surface area (Å²) in [6, 6.07) is 11.7. The Balaban J connectivity index is 1.67. The van der Waals surface area contributed by atoms with Crippen LogP contribution in [0.5, 0.6) is 0 Å². The molecule has 2 aromatic carbocycles. The van der Waals surface area contributed by atoms with Gasteiger partial charge in [0.1, 0.15) is 4.90 Å². The van der Waals surface area contributed by atoms with Gasteiger partial charge in [-0.15, -0.1) is 0 Å². The second-order valence-corrected chi connectivity index (χ2v) is 9.83. The van der Waals surface area contributed by atoms with Crippen molar-refractivity contribution < 1.29 is 13.2 Å². The molecule has 1 aliphatic rings. The molecule has 0 saturated carbocycles. The van der Waals surface area contributed by atoms with Gasteiger partial charge < -0.3 is 5.32 Å². The summed E-state index contributed by atoms with van der Waals surface area (Å²) in [5, 5.41) is 3.33. The molecule has 0 atom stereocenters. The van der Waals surface area contributed by atoms with Crippen molar-refractivity contribution in [1.82, 2.24) is 4.31 Å². The van der Waals surface area contributed by atoms with E-state index in [-0.39, 0.29) is 34.8 Å². The van der Waals surface area contributed by atoms with Crippen LogP contribution in [-0.4, -0.2) is 31.7 Å². The summed E-state index contributed by atoms with van der Waals surface area (Å²) >= 11 is 15.4. The number of para-hydroxylation sites is 1. The monoisotopic (exact) mass is 490 g/mol. The van der Waals surface area contributed by atoms with E-state index in [1.165, 1.54) is 16.4 Å². The summed E-state index contributed by atoms with van der Waals surface area (Å²) in [7, 11) is -3.75. The molecule has 0 bridgehead atoms. The maximum Gasteiger partial charge on any atom is 0.244 e. The lowest BCUT2D eigenvalue weighted by molar-refractivity contribution is -0.120. The first-order valence-corrected chi connectivity index (χ1v) is 11.3. The van der Waals surface area contributed by atoms with E-state index in [9.17, 15) is 13.2 Å². The molecule has 9 heteroatoms. The smallest absolute Gasteiger partial charge is 0.244 e. The Hall–Kier alpha value is -1.12. The lowest BCUT2D eigenvalue weighted by Crippen LogP contribution is -2.41. The number of sulfonamides is 1. The minimum atomic E-state index is -3.75. The number of amides is 1. The van der Waals surface area contributed by atoms with Crippen LogP contribution in [0.15, 0.2) is 51.8 Å². The molecule has 1 aliphatic heterocycles. The van der Waals surface area contributed by atoms with Crippen molar-refractivity contribution in [1.29, 1.82) is 0 Å². The van der Waals surface area contributed by atoms with Crippen molar-refractivity contribution in [2.75, 3.05) is 18.4 Å². The standard InChI is InChI=1S/C18H17BrCl2N2O3S/c19-14-3-1-2-4-16(14)22-18(24)12-7-9-23(10-8-12)27(25,26)17-11-13(20)5-6-15(17)21/h1-6,11-12H,7-10H2,(H,22,24). The molecule has 1 heterocycles. The Kier molecular flexibility index (Phi) is 6.48. The first kappa shape index (κ1) is 20.6. The third-order valence-electron chi connectivity index (χ3n) is 4.47. The fraction of sp³-hybridized carbons (Fsp3) is 0.278. The van der Waals surface area contributed by atoms with Gasteiger partial charge >= 0.3 is 0 Å². The number of carbonyl (C=O) groups is 1. The van der Waals surface area contributed by atoms with Crippen molar-refractivity contribution in [2.24, 2.45) is 5.92 Å². The molecule has 2 aromatic rings. The van der Waals surface area contributed by atoms with E-state index in [1.807, 2.05) is 24.3 Å². The van der Waals surface area contributed by atoms with Gasteiger partial charge in [0, 0.05) is 28.5 Å². The van der Waals surface area contributed by atoms with Crippen molar-refractivity contribution >= 4 is 60.7 Å². The highest BCUT2D eigenvalue weighted by Gasteiger charge is 2.33. The van der Waals surface area contributed by atoms with E-state index < -0.39 is 10.0 Å². The zero-order valence-electron chi connectivity index (χ0n) is 14.2. The number of carbonyl (C=O) groups excluding carboxylic acids is 1. The van der Waals surface area contributed by atoms with Gasteiger partial charge in [0.2, 0.25) is 15.9 Å². The van der Waals surface area contributed by atoms with Crippen LogP contribution in [-0.2, 0) is 14.8 Å². The van der Waals surface area contributed by atoms with Crippen LogP contribution in [0, 0.1) is 5.92 Å². The number of nitrogens with one attached hydrogen (secondary N) is 1. The predicted molar refractivity (Wildman–Crippen MR) is 111 cm³/mol. The largest absolute Gasteiger partial charge is 0.325 e. The highest BCUT2D eigenvalue weighted by molar-refractivity contribution is 9.10. The lowest BCUT2D eigenvalue weighted by atomic mass is 9.97. The molecule has 0 unspecified atom stereocenters. The zero-order valence-corrected chi connectivity index (χ0v) is 18.1. The fourth-order valence-electron chi connectivity index (χ4n) is 2.97. The summed E-state index contributed by atoms with van der Waals surface area (Å²) in [6.07, 6.45) is 0.876. The Labute approximate surface area is 176 Å². The molecule has 1 fully saturated rings. The van der Waals surface area contributed by atoms with E-state index >= 15 is 0 Å². The van der Waals surface area contributed by atoms with Crippen molar-refractivity contribution in [2.45, 2.75) is 17.7 Å². The number of piperidine rings is 1. The maximum atomic E-state index is 12.8. The van der Waals surface area contributed by atoms with Crippen molar-refractivity contribution in [3.63, 3.8) is 0 Å². The van der Waals surface area contributed by atoms with Gasteiger partial charge in [0.05, 0.1) is 10.7 Å². The number of halogens is 3. The van der Waals surface area contributed by atoms with E-state index in [2.05, 4.69) is 21.2 Å². The summed E-state index contributed by atoms with van der Waals surface area (Å²) < 4.78 is 27.9. The molecule has 0 spiro atoms. The Morgan fingerprint density at radius 3 is 2.44 bits per heavy atom. The number of hydrogen-bond acceptors (Lipinski definition) is 3. The summed E-state index contributed by atoms with van der Waals surface area (Å²) in [5.41, 5.74) is 0.697. The van der Waals surface area contributed by atoms with Crippen LogP contribution in [0.1, 0.15) is 12.8 Å². The van der Waals surface area contributed by atoms with Crippen LogP contribution < -0.4 is 5.32 Å². The van der Waals surface area contributed by atoms with Crippen molar-refractivity contribution in [3.05, 3.63) is 57.0 Å². The quantitative estimate of drug-likeness (QED) is 0.668. The first-order chi connectivity index (χ1) is 12.8. The second kappa shape index (κ2) is 8.49. The molecule has 1 N–H and O–H groups in total. The van der Waals surface area contributed by atoms with Crippen LogP contribution in [0.25, 0.3) is 0 Å². The maximum absolute atomic E-state index is 12.8. The van der Waals surface area contributed by atoms with Gasteiger partial charge in [0.25, 0.3) is 0 Å². The number of hydrogen-bond donors (Lipinski definition) is 1. The highest BCUT2D eigenvalue weighted by Crippen LogP contribution is 2.31. The first-order valence-electron chi connectivity index (χ1n) is 8.29. The normalized spacial score (nSPS) is 16.3. The minimum absolute atomic E-state index is 0.00668. The fourth-order valence-corrected chi connectivity index (χ4v) is 5.56. The molecule has 0 radical (unpaired) electrons. The number of rotatable bonds is 4. The molecule has 144 valence electrons. The highest BCUT2D eigenvalue weighted by atomic mass is 79.9. The molecule has 0 aliphatic carbocycles. The van der Waals surface area contributed by atoms with Gasteiger partial charge in [0.15, 0.2) is 0 Å². The summed E-state index contributed by atoms with van der Waals surface area (Å²) in [6.45, 7) is 0.498. The molecule has 3 rings (SSSR count). The third-order valence-corrected chi connectivity index (χ3v) is 7.77. The molecule has 27 heavy (non-hydrogen) atoms. The van der Waals surface area contributed by atoms with E-state index in [1.54, 1.807) is 6.07 Å². The van der Waals surface area contributed by atoms with Crippen LogP contribution in [0.2, 0.25) is 10.0 Å². The van der Waals surface area contributed by atoms with Gasteiger partial charge in [-0.2, -0.15) is 4.31 Å². The van der Waals surface area contributed by atoms with Gasteiger partial charge in [-0.25, -0.2) is 8.42 Å². The van der Waals surface area contributed by atoms with Crippen LogP contribution in [0.4, 0.5) is 5.69 Å². The van der Waals surface area contributed by atoms with E-state index in [0.717, 1.165) is 4.47 Å². The topological polar surface area (TPSA) is 66.5 Å². The van der Waals surface area contributed by atoms with Gasteiger partial charge in [-0.1, -0.05) is 35.3 Å². The number of anilines is 1. The average Bonchev–Trinajstić information content (AvgIpc) is 2.65. The Morgan fingerprint density at radius 2 is 1.78 bits per heavy atom. The summed E-state index contributed by atoms with van der Waals surface area (Å²) in [4.78, 5) is 12.5. The minimum Gasteiger partial charge on any atom is -0.325 e. The Morgan fingerprint density at radius 1 is 1.11 bits per heavy atom. The molecule has 1 saturated heterocycles. The lowest BCUT2D eigenvalue weighted by Gasteiger charge is -2.30. The molecule has 1 amide bonds. The van der Waals surface area contributed by atoms with Crippen LogP contribution in [0.3, 0.4) is 0 Å². The third kappa shape index (κ3) is 4.66. The van der Waals surface area contributed by atoms with Gasteiger partial charge in [-0.05, 0) is 59.1 Å². The summed E-state index contributed by atoms with van der Waals surface area (Å²) in [5.74, 6) is -0.363. The zero-order chi connectivity index (χ0) is 19.6.